The minimum Gasteiger partial charge on any atom is -0.496 e. The second-order valence-corrected chi connectivity index (χ2v) is 5.55. The number of rotatable bonds is 7. The van der Waals surface area contributed by atoms with Crippen molar-refractivity contribution in [2.45, 2.75) is 26.8 Å². The third kappa shape index (κ3) is 5.57. The number of methoxy groups -OCH3 is 1. The van der Waals surface area contributed by atoms with E-state index in [-0.39, 0.29) is 0 Å². The molecular weight excluding hydrogens is 300 g/mol. The van der Waals surface area contributed by atoms with Crippen molar-refractivity contribution in [1.82, 2.24) is 15.6 Å². The lowest BCUT2D eigenvalue weighted by atomic mass is 10.1. The van der Waals surface area contributed by atoms with Gasteiger partial charge in [0.1, 0.15) is 5.75 Å². The van der Waals surface area contributed by atoms with Gasteiger partial charge in [0, 0.05) is 31.0 Å². The topological polar surface area (TPSA) is 58.5 Å². The summed E-state index contributed by atoms with van der Waals surface area (Å²) in [4.78, 5) is 8.79. The van der Waals surface area contributed by atoms with Crippen molar-refractivity contribution in [2.24, 2.45) is 4.99 Å². The van der Waals surface area contributed by atoms with Crippen molar-refractivity contribution in [3.8, 4) is 5.75 Å². The summed E-state index contributed by atoms with van der Waals surface area (Å²) in [5.41, 5.74) is 3.47. The number of nitrogens with one attached hydrogen (secondary N) is 2. The lowest BCUT2D eigenvalue weighted by molar-refractivity contribution is 0.409. The van der Waals surface area contributed by atoms with Crippen LogP contribution < -0.4 is 15.4 Å². The van der Waals surface area contributed by atoms with E-state index < -0.39 is 0 Å². The molecule has 0 unspecified atom stereocenters. The second-order valence-electron chi connectivity index (χ2n) is 5.55. The number of aromatic nitrogens is 1. The highest BCUT2D eigenvalue weighted by atomic mass is 16.5. The molecule has 0 saturated carbocycles. The summed E-state index contributed by atoms with van der Waals surface area (Å²) in [6, 6.07) is 10.2. The molecule has 5 heteroatoms. The third-order valence-corrected chi connectivity index (χ3v) is 3.62. The van der Waals surface area contributed by atoms with Gasteiger partial charge < -0.3 is 15.4 Å². The summed E-state index contributed by atoms with van der Waals surface area (Å²) in [7, 11) is 1.69. The highest BCUT2D eigenvalue weighted by Gasteiger charge is 2.04. The molecule has 0 atom stereocenters. The summed E-state index contributed by atoms with van der Waals surface area (Å²) >= 11 is 0. The number of hydrogen-bond donors (Lipinski definition) is 2. The zero-order valence-electron chi connectivity index (χ0n) is 14.7. The number of aliphatic imine (C=N–C) groups is 1. The van der Waals surface area contributed by atoms with E-state index in [2.05, 4.69) is 52.7 Å². The van der Waals surface area contributed by atoms with E-state index in [4.69, 9.17) is 4.74 Å². The predicted octanol–water partition coefficient (Wildman–Crippen LogP) is 2.70. The fraction of sp³-hybridized carbons (Fsp3) is 0.368. The molecule has 0 aliphatic carbocycles. The van der Waals surface area contributed by atoms with Crippen LogP contribution in [0.4, 0.5) is 0 Å². The van der Waals surface area contributed by atoms with Crippen molar-refractivity contribution in [2.75, 3.05) is 20.2 Å². The molecule has 128 valence electrons. The molecule has 2 N–H and O–H groups in total. The maximum absolute atomic E-state index is 5.44. The van der Waals surface area contributed by atoms with Gasteiger partial charge in [-0.15, -0.1) is 0 Å². The Labute approximate surface area is 144 Å². The van der Waals surface area contributed by atoms with Crippen molar-refractivity contribution in [1.29, 1.82) is 0 Å². The van der Waals surface area contributed by atoms with Crippen LogP contribution in [0.5, 0.6) is 5.75 Å². The Kier molecular flexibility index (Phi) is 7.08. The van der Waals surface area contributed by atoms with Crippen LogP contribution in [0.1, 0.15) is 23.6 Å². The molecule has 0 aliphatic heterocycles. The molecular formula is C19H26N4O. The van der Waals surface area contributed by atoms with E-state index in [1.165, 1.54) is 11.1 Å². The Hall–Kier alpha value is -2.56. The SMILES string of the molecule is CCNC(=NCc1ccc(C)cc1OC)NCCc1cccnc1. The molecule has 0 aliphatic rings. The second kappa shape index (κ2) is 9.55. The molecule has 0 spiro atoms. The van der Waals surface area contributed by atoms with Crippen LogP contribution in [0.3, 0.4) is 0 Å². The number of nitrogens with zero attached hydrogens (tertiary/aromatic N) is 2. The van der Waals surface area contributed by atoms with Crippen molar-refractivity contribution >= 4 is 5.96 Å². The summed E-state index contributed by atoms with van der Waals surface area (Å²) in [5, 5.41) is 6.63. The molecule has 1 aromatic heterocycles. The number of pyridine rings is 1. The summed E-state index contributed by atoms with van der Waals surface area (Å²) in [5.74, 6) is 1.69. The van der Waals surface area contributed by atoms with E-state index in [0.717, 1.165) is 36.8 Å². The number of aryl methyl sites for hydroxylation is 1. The molecule has 2 rings (SSSR count). The summed E-state index contributed by atoms with van der Waals surface area (Å²) < 4.78 is 5.44. The van der Waals surface area contributed by atoms with Gasteiger partial charge in [-0.1, -0.05) is 18.2 Å². The van der Waals surface area contributed by atoms with Gasteiger partial charge in [-0.3, -0.25) is 4.98 Å². The maximum Gasteiger partial charge on any atom is 0.191 e. The van der Waals surface area contributed by atoms with Crippen LogP contribution >= 0.6 is 0 Å². The van der Waals surface area contributed by atoms with Gasteiger partial charge in [0.05, 0.1) is 13.7 Å². The molecule has 0 radical (unpaired) electrons. The van der Waals surface area contributed by atoms with Gasteiger partial charge in [-0.2, -0.15) is 0 Å². The van der Waals surface area contributed by atoms with Crippen LogP contribution in [0.15, 0.2) is 47.7 Å². The van der Waals surface area contributed by atoms with Crippen molar-refractivity contribution in [3.63, 3.8) is 0 Å². The van der Waals surface area contributed by atoms with Gasteiger partial charge in [-0.25, -0.2) is 4.99 Å². The largest absolute Gasteiger partial charge is 0.496 e. The van der Waals surface area contributed by atoms with Gasteiger partial charge in [0.2, 0.25) is 0 Å². The number of hydrogen-bond acceptors (Lipinski definition) is 3. The minimum absolute atomic E-state index is 0.575. The third-order valence-electron chi connectivity index (χ3n) is 3.62. The van der Waals surface area contributed by atoms with Crippen LogP contribution in [0.25, 0.3) is 0 Å². The standard InChI is InChI=1S/C19H26N4O/c1-4-21-19(22-11-9-16-6-5-10-20-13-16)23-14-17-8-7-15(2)12-18(17)24-3/h5-8,10,12-13H,4,9,11,14H2,1-3H3,(H2,21,22,23). The molecule has 0 amide bonds. The Morgan fingerprint density at radius 3 is 2.83 bits per heavy atom. The molecule has 0 fully saturated rings. The zero-order valence-corrected chi connectivity index (χ0v) is 14.7. The summed E-state index contributed by atoms with van der Waals surface area (Å²) in [6.07, 6.45) is 4.59. The van der Waals surface area contributed by atoms with Crippen molar-refractivity contribution < 1.29 is 4.74 Å². The Morgan fingerprint density at radius 2 is 2.12 bits per heavy atom. The molecule has 5 nitrogen and oxygen atoms in total. The number of benzene rings is 1. The Bertz CT molecular complexity index is 656. The highest BCUT2D eigenvalue weighted by Crippen LogP contribution is 2.20. The lowest BCUT2D eigenvalue weighted by Crippen LogP contribution is -2.38. The van der Waals surface area contributed by atoms with Gasteiger partial charge in [0.15, 0.2) is 5.96 Å². The Morgan fingerprint density at radius 1 is 1.25 bits per heavy atom. The average Bonchev–Trinajstić information content (AvgIpc) is 2.61. The molecule has 2 aromatic rings. The summed E-state index contributed by atoms with van der Waals surface area (Å²) in [6.45, 7) is 6.32. The first-order chi connectivity index (χ1) is 11.7. The van der Waals surface area contributed by atoms with Crippen LogP contribution in [-0.2, 0) is 13.0 Å². The fourth-order valence-corrected chi connectivity index (χ4v) is 2.36. The first-order valence-electron chi connectivity index (χ1n) is 8.27. The zero-order chi connectivity index (χ0) is 17.2. The first kappa shape index (κ1) is 17.8. The minimum atomic E-state index is 0.575. The fourth-order valence-electron chi connectivity index (χ4n) is 2.36. The van der Waals surface area contributed by atoms with E-state index in [1.807, 2.05) is 18.3 Å². The van der Waals surface area contributed by atoms with Crippen LogP contribution in [-0.4, -0.2) is 31.1 Å². The van der Waals surface area contributed by atoms with E-state index >= 15 is 0 Å². The number of ether oxygens (including phenoxy) is 1. The maximum atomic E-state index is 5.44. The van der Waals surface area contributed by atoms with E-state index in [1.54, 1.807) is 13.3 Å². The molecule has 1 aromatic carbocycles. The van der Waals surface area contributed by atoms with Gasteiger partial charge in [-0.05, 0) is 43.5 Å². The van der Waals surface area contributed by atoms with Gasteiger partial charge in [0.25, 0.3) is 0 Å². The number of guanidine groups is 1. The van der Waals surface area contributed by atoms with Crippen LogP contribution in [0, 0.1) is 6.92 Å². The van der Waals surface area contributed by atoms with Gasteiger partial charge >= 0.3 is 0 Å². The van der Waals surface area contributed by atoms with E-state index in [0.29, 0.717) is 6.54 Å². The molecule has 1 heterocycles. The molecule has 0 saturated heterocycles. The molecule has 0 bridgehead atoms. The monoisotopic (exact) mass is 326 g/mol. The highest BCUT2D eigenvalue weighted by molar-refractivity contribution is 5.79. The van der Waals surface area contributed by atoms with Crippen LogP contribution in [0.2, 0.25) is 0 Å². The van der Waals surface area contributed by atoms with Crippen molar-refractivity contribution in [3.05, 3.63) is 59.4 Å². The van der Waals surface area contributed by atoms with E-state index in [9.17, 15) is 0 Å². The lowest BCUT2D eigenvalue weighted by Gasteiger charge is -2.12. The average molecular weight is 326 g/mol. The molecule has 24 heavy (non-hydrogen) atoms. The first-order valence-corrected chi connectivity index (χ1v) is 8.27. The quantitative estimate of drug-likeness (QED) is 0.607. The Balaban J connectivity index is 1.95. The smallest absolute Gasteiger partial charge is 0.191 e. The predicted molar refractivity (Wildman–Crippen MR) is 98.5 cm³/mol. The normalized spacial score (nSPS) is 11.2.